The Morgan fingerprint density at radius 3 is 2.57 bits per heavy atom. The average molecular weight is 511 g/mol. The van der Waals surface area contributed by atoms with E-state index in [0.717, 1.165) is 77.7 Å². The SMILES string of the molecule is CN=C(NCCCOCC1CCOCC1)NCCCN1CCCN(C)CC1.I. The second-order valence-corrected chi connectivity index (χ2v) is 7.76. The normalized spacial score (nSPS) is 20.4. The lowest BCUT2D eigenvalue weighted by Crippen LogP contribution is -2.39. The van der Waals surface area contributed by atoms with Crippen LogP contribution in [0, 0.1) is 5.92 Å². The lowest BCUT2D eigenvalue weighted by Gasteiger charge is -2.21. The number of nitrogens with zero attached hydrogens (tertiary/aromatic N) is 3. The van der Waals surface area contributed by atoms with Crippen LogP contribution in [0.4, 0.5) is 0 Å². The van der Waals surface area contributed by atoms with Gasteiger partial charge >= 0.3 is 0 Å². The molecule has 0 radical (unpaired) electrons. The fourth-order valence-corrected chi connectivity index (χ4v) is 3.60. The minimum atomic E-state index is 0. The monoisotopic (exact) mass is 511 g/mol. The van der Waals surface area contributed by atoms with Crippen molar-refractivity contribution in [3.63, 3.8) is 0 Å². The largest absolute Gasteiger partial charge is 0.381 e. The molecule has 7 nitrogen and oxygen atoms in total. The number of likely N-dealkylation sites (N-methyl/N-ethyl adjacent to an activating group) is 1. The molecule has 2 saturated heterocycles. The maximum Gasteiger partial charge on any atom is 0.190 e. The van der Waals surface area contributed by atoms with E-state index in [1.807, 2.05) is 7.05 Å². The van der Waals surface area contributed by atoms with Gasteiger partial charge in [-0.25, -0.2) is 0 Å². The van der Waals surface area contributed by atoms with Crippen molar-refractivity contribution in [3.05, 3.63) is 0 Å². The number of guanidine groups is 1. The van der Waals surface area contributed by atoms with Gasteiger partial charge in [-0.2, -0.15) is 0 Å². The summed E-state index contributed by atoms with van der Waals surface area (Å²) >= 11 is 0. The van der Waals surface area contributed by atoms with Crippen LogP contribution in [-0.2, 0) is 9.47 Å². The number of halogens is 1. The Labute approximate surface area is 189 Å². The molecule has 0 aromatic heterocycles. The quantitative estimate of drug-likeness (QED) is 0.201. The van der Waals surface area contributed by atoms with Gasteiger partial charge in [-0.05, 0) is 64.7 Å². The molecule has 0 aromatic carbocycles. The molecule has 2 N–H and O–H groups in total. The summed E-state index contributed by atoms with van der Waals surface area (Å²) in [5, 5.41) is 6.80. The third-order valence-corrected chi connectivity index (χ3v) is 5.43. The molecule has 2 aliphatic rings. The first-order chi connectivity index (χ1) is 13.3. The van der Waals surface area contributed by atoms with E-state index in [9.17, 15) is 0 Å². The molecule has 0 aromatic rings. The van der Waals surface area contributed by atoms with Crippen LogP contribution in [0.25, 0.3) is 0 Å². The third kappa shape index (κ3) is 11.7. The van der Waals surface area contributed by atoms with Crippen molar-refractivity contribution in [3.8, 4) is 0 Å². The third-order valence-electron chi connectivity index (χ3n) is 5.43. The zero-order valence-corrected chi connectivity index (χ0v) is 20.3. The van der Waals surface area contributed by atoms with Crippen LogP contribution in [0.15, 0.2) is 4.99 Å². The Kier molecular flexibility index (Phi) is 15.4. The van der Waals surface area contributed by atoms with Gasteiger partial charge in [0.25, 0.3) is 0 Å². The van der Waals surface area contributed by atoms with E-state index in [2.05, 4.69) is 32.5 Å². The van der Waals surface area contributed by atoms with Crippen molar-refractivity contribution >= 4 is 29.9 Å². The van der Waals surface area contributed by atoms with Crippen LogP contribution in [0.1, 0.15) is 32.1 Å². The summed E-state index contributed by atoms with van der Waals surface area (Å²) in [6.45, 7) is 11.3. The molecule has 2 rings (SSSR count). The van der Waals surface area contributed by atoms with Crippen LogP contribution in [0.2, 0.25) is 0 Å². The van der Waals surface area contributed by atoms with Gasteiger partial charge in [-0.1, -0.05) is 0 Å². The number of rotatable bonds is 10. The van der Waals surface area contributed by atoms with Crippen molar-refractivity contribution in [1.82, 2.24) is 20.4 Å². The molecule has 2 heterocycles. The Hall–Kier alpha value is -0.160. The lowest BCUT2D eigenvalue weighted by atomic mass is 10.0. The Morgan fingerprint density at radius 2 is 1.82 bits per heavy atom. The second-order valence-electron chi connectivity index (χ2n) is 7.76. The molecule has 0 saturated carbocycles. The van der Waals surface area contributed by atoms with E-state index >= 15 is 0 Å². The first-order valence-corrected chi connectivity index (χ1v) is 10.8. The minimum absolute atomic E-state index is 0. The molecule has 0 atom stereocenters. The van der Waals surface area contributed by atoms with Gasteiger partial charge in [0.1, 0.15) is 0 Å². The van der Waals surface area contributed by atoms with Gasteiger partial charge in [0.15, 0.2) is 5.96 Å². The number of nitrogens with one attached hydrogen (secondary N) is 2. The first-order valence-electron chi connectivity index (χ1n) is 10.8. The zero-order valence-electron chi connectivity index (χ0n) is 18.0. The van der Waals surface area contributed by atoms with E-state index in [1.54, 1.807) is 0 Å². The van der Waals surface area contributed by atoms with Crippen LogP contribution >= 0.6 is 24.0 Å². The van der Waals surface area contributed by atoms with Gasteiger partial charge in [0.05, 0.1) is 0 Å². The Balaban J connectivity index is 0.00000392. The lowest BCUT2D eigenvalue weighted by molar-refractivity contribution is 0.0203. The van der Waals surface area contributed by atoms with Gasteiger partial charge in [0, 0.05) is 59.7 Å². The fraction of sp³-hybridized carbons (Fsp3) is 0.950. The summed E-state index contributed by atoms with van der Waals surface area (Å²) in [5.41, 5.74) is 0. The average Bonchev–Trinajstić information content (AvgIpc) is 2.91. The summed E-state index contributed by atoms with van der Waals surface area (Å²) in [7, 11) is 4.05. The molecule has 2 aliphatic heterocycles. The van der Waals surface area contributed by atoms with Gasteiger partial charge in [-0.15, -0.1) is 24.0 Å². The highest BCUT2D eigenvalue weighted by Crippen LogP contribution is 2.14. The number of hydrogen-bond donors (Lipinski definition) is 2. The van der Waals surface area contributed by atoms with Gasteiger partial charge < -0.3 is 29.9 Å². The van der Waals surface area contributed by atoms with Crippen molar-refractivity contribution in [1.29, 1.82) is 0 Å². The summed E-state index contributed by atoms with van der Waals surface area (Å²) in [4.78, 5) is 9.32. The molecule has 0 aliphatic carbocycles. The molecule has 8 heteroatoms. The van der Waals surface area contributed by atoms with Gasteiger partial charge in [0.2, 0.25) is 0 Å². The van der Waals surface area contributed by atoms with E-state index in [0.29, 0.717) is 5.92 Å². The zero-order chi connectivity index (χ0) is 19.2. The highest BCUT2D eigenvalue weighted by atomic mass is 127. The maximum atomic E-state index is 5.81. The van der Waals surface area contributed by atoms with Crippen LogP contribution in [-0.4, -0.2) is 102 Å². The Bertz CT molecular complexity index is 408. The summed E-state index contributed by atoms with van der Waals surface area (Å²) in [6.07, 6.45) is 5.72. The maximum absolute atomic E-state index is 5.81. The van der Waals surface area contributed by atoms with E-state index in [1.165, 1.54) is 32.6 Å². The first kappa shape index (κ1) is 25.9. The molecule has 0 spiro atoms. The van der Waals surface area contributed by atoms with Crippen LogP contribution < -0.4 is 10.6 Å². The fourth-order valence-electron chi connectivity index (χ4n) is 3.60. The summed E-state index contributed by atoms with van der Waals surface area (Å²) in [5.74, 6) is 1.58. The van der Waals surface area contributed by atoms with E-state index in [4.69, 9.17) is 9.47 Å². The van der Waals surface area contributed by atoms with Crippen molar-refractivity contribution < 1.29 is 9.47 Å². The molecule has 0 amide bonds. The molecule has 166 valence electrons. The van der Waals surface area contributed by atoms with Crippen molar-refractivity contribution in [2.75, 3.05) is 86.3 Å². The second kappa shape index (κ2) is 16.6. The highest BCUT2D eigenvalue weighted by molar-refractivity contribution is 14.0. The predicted octanol–water partition coefficient (Wildman–Crippen LogP) is 1.63. The van der Waals surface area contributed by atoms with Crippen LogP contribution in [0.3, 0.4) is 0 Å². The van der Waals surface area contributed by atoms with Crippen molar-refractivity contribution in [2.45, 2.75) is 32.1 Å². The smallest absolute Gasteiger partial charge is 0.190 e. The van der Waals surface area contributed by atoms with E-state index < -0.39 is 0 Å². The molecular formula is C20H42IN5O2. The minimum Gasteiger partial charge on any atom is -0.381 e. The molecule has 0 bridgehead atoms. The van der Waals surface area contributed by atoms with Crippen molar-refractivity contribution in [2.24, 2.45) is 10.9 Å². The van der Waals surface area contributed by atoms with Gasteiger partial charge in [-0.3, -0.25) is 4.99 Å². The summed E-state index contributed by atoms with van der Waals surface area (Å²) in [6, 6.07) is 0. The van der Waals surface area contributed by atoms with E-state index in [-0.39, 0.29) is 24.0 Å². The standard InChI is InChI=1S/C20H41N5O2.HI/c1-21-20(22-8-3-11-25-12-5-10-24(2)13-14-25)23-9-4-15-27-18-19-6-16-26-17-7-19;/h19H,3-18H2,1-2H3,(H2,21,22,23);1H. The van der Waals surface area contributed by atoms with Crippen LogP contribution in [0.5, 0.6) is 0 Å². The molecule has 2 fully saturated rings. The predicted molar refractivity (Wildman–Crippen MR) is 127 cm³/mol. The topological polar surface area (TPSA) is 61.4 Å². The molecular weight excluding hydrogens is 469 g/mol. The molecule has 28 heavy (non-hydrogen) atoms. The number of ether oxygens (including phenoxy) is 2. The number of hydrogen-bond acceptors (Lipinski definition) is 5. The molecule has 0 unspecified atom stereocenters. The Morgan fingerprint density at radius 1 is 1.07 bits per heavy atom. The highest BCUT2D eigenvalue weighted by Gasteiger charge is 2.13. The summed E-state index contributed by atoms with van der Waals surface area (Å²) < 4.78 is 11.2. The number of aliphatic imine (C=N–C) groups is 1.